The number of hydrogen-bond acceptors (Lipinski definition) is 1. The average Bonchev–Trinajstić information content (AvgIpc) is 2.54. The van der Waals surface area contributed by atoms with Gasteiger partial charge in [0.25, 0.3) is 5.24 Å². The molecule has 2 rings (SSSR count). The molecule has 116 valence electrons. The van der Waals surface area contributed by atoms with E-state index in [-0.39, 0.29) is 5.41 Å². The van der Waals surface area contributed by atoms with Crippen molar-refractivity contribution in [2.24, 2.45) is 0 Å². The number of halogens is 1. The summed E-state index contributed by atoms with van der Waals surface area (Å²) in [5.74, 6) is 0. The van der Waals surface area contributed by atoms with Gasteiger partial charge in [-0.2, -0.15) is 0 Å². The molecule has 2 heteroatoms. The van der Waals surface area contributed by atoms with Crippen molar-refractivity contribution in [2.45, 2.75) is 46.0 Å². The summed E-state index contributed by atoms with van der Waals surface area (Å²) in [6.45, 7) is 8.82. The maximum Gasteiger partial charge on any atom is 0.252 e. The molecule has 0 spiro atoms. The topological polar surface area (TPSA) is 17.1 Å². The smallest absolute Gasteiger partial charge is 0.252 e. The predicted molar refractivity (Wildman–Crippen MR) is 94.0 cm³/mol. The van der Waals surface area contributed by atoms with Crippen molar-refractivity contribution in [3.63, 3.8) is 0 Å². The van der Waals surface area contributed by atoms with Gasteiger partial charge in [-0.05, 0) is 58.8 Å². The minimum atomic E-state index is -0.412. The largest absolute Gasteiger partial charge is 0.276 e. The lowest BCUT2D eigenvalue weighted by Gasteiger charge is -2.27. The lowest BCUT2D eigenvalue weighted by molar-refractivity contribution is 0.108. The average molecular weight is 315 g/mol. The van der Waals surface area contributed by atoms with Crippen LogP contribution in [0.25, 0.3) is 0 Å². The van der Waals surface area contributed by atoms with Crippen molar-refractivity contribution < 1.29 is 4.79 Å². The summed E-state index contributed by atoms with van der Waals surface area (Å²) in [6, 6.07) is 14.4. The second-order valence-corrected chi connectivity index (χ2v) is 6.51. The lowest BCUT2D eigenvalue weighted by atomic mass is 9.77. The van der Waals surface area contributed by atoms with E-state index in [4.69, 9.17) is 11.6 Å². The quantitative estimate of drug-likeness (QED) is 0.664. The first-order chi connectivity index (χ1) is 10.4. The van der Waals surface area contributed by atoms with Crippen LogP contribution in [0, 0.1) is 0 Å². The number of carbonyl (C=O) groups excluding carboxylic acids is 1. The number of benzene rings is 2. The van der Waals surface area contributed by atoms with E-state index >= 15 is 0 Å². The van der Waals surface area contributed by atoms with Crippen LogP contribution in [0.2, 0.25) is 0 Å². The third kappa shape index (κ3) is 3.25. The zero-order valence-corrected chi connectivity index (χ0v) is 14.5. The zero-order chi connectivity index (χ0) is 16.3. The highest BCUT2D eigenvalue weighted by molar-refractivity contribution is 6.67. The van der Waals surface area contributed by atoms with Crippen molar-refractivity contribution in [1.29, 1.82) is 0 Å². The summed E-state index contributed by atoms with van der Waals surface area (Å²) >= 11 is 5.52. The maximum atomic E-state index is 11.2. The van der Waals surface area contributed by atoms with Crippen LogP contribution in [0.4, 0.5) is 0 Å². The molecule has 22 heavy (non-hydrogen) atoms. The van der Waals surface area contributed by atoms with Crippen molar-refractivity contribution in [3.8, 4) is 0 Å². The molecule has 0 aliphatic rings. The van der Waals surface area contributed by atoms with E-state index in [1.165, 1.54) is 22.3 Å². The molecule has 0 fully saturated rings. The second-order valence-electron chi connectivity index (χ2n) is 6.17. The van der Waals surface area contributed by atoms with E-state index in [1.54, 1.807) is 12.1 Å². The summed E-state index contributed by atoms with van der Waals surface area (Å²) in [6.07, 6.45) is 2.11. The number of aryl methyl sites for hydroxylation is 2. The van der Waals surface area contributed by atoms with E-state index in [9.17, 15) is 4.79 Å². The highest BCUT2D eigenvalue weighted by Crippen LogP contribution is 2.33. The highest BCUT2D eigenvalue weighted by atomic mass is 35.5. The van der Waals surface area contributed by atoms with Crippen LogP contribution in [0.15, 0.2) is 42.5 Å². The first kappa shape index (κ1) is 16.8. The second kappa shape index (κ2) is 6.66. The molecule has 2 aromatic rings. The standard InChI is InChI=1S/C20H23ClO/c1-5-14-7-12-18(13-15(14)6-2)20(3,4)17-10-8-16(9-11-17)19(21)22/h7-13H,5-6H2,1-4H3. The lowest BCUT2D eigenvalue weighted by Crippen LogP contribution is -2.19. The molecule has 0 radical (unpaired) electrons. The number of rotatable bonds is 5. The third-order valence-electron chi connectivity index (χ3n) is 4.52. The Balaban J connectivity index is 2.42. The normalized spacial score (nSPS) is 11.5. The minimum absolute atomic E-state index is 0.107. The fourth-order valence-electron chi connectivity index (χ4n) is 2.87. The molecule has 0 aliphatic carbocycles. The number of carbonyl (C=O) groups is 1. The number of hydrogen-bond donors (Lipinski definition) is 0. The summed E-state index contributed by atoms with van der Waals surface area (Å²) in [7, 11) is 0. The monoisotopic (exact) mass is 314 g/mol. The van der Waals surface area contributed by atoms with Crippen molar-refractivity contribution in [2.75, 3.05) is 0 Å². The van der Waals surface area contributed by atoms with Crippen LogP contribution in [-0.4, -0.2) is 5.24 Å². The molecule has 0 amide bonds. The van der Waals surface area contributed by atoms with Crippen LogP contribution in [0.5, 0.6) is 0 Å². The summed E-state index contributed by atoms with van der Waals surface area (Å²) in [5.41, 5.74) is 5.75. The van der Waals surface area contributed by atoms with E-state index < -0.39 is 5.24 Å². The molecule has 0 N–H and O–H groups in total. The van der Waals surface area contributed by atoms with Crippen LogP contribution < -0.4 is 0 Å². The van der Waals surface area contributed by atoms with Gasteiger partial charge in [-0.25, -0.2) is 0 Å². The van der Waals surface area contributed by atoms with Gasteiger partial charge < -0.3 is 0 Å². The van der Waals surface area contributed by atoms with Gasteiger partial charge in [0.05, 0.1) is 0 Å². The molecule has 0 saturated heterocycles. The first-order valence-electron chi connectivity index (χ1n) is 7.82. The Bertz CT molecular complexity index is 669. The van der Waals surface area contributed by atoms with Gasteiger partial charge in [-0.3, -0.25) is 4.79 Å². The molecule has 0 saturated carbocycles. The summed E-state index contributed by atoms with van der Waals surface area (Å²) in [4.78, 5) is 11.2. The molecule has 0 bridgehead atoms. The Morgan fingerprint density at radius 2 is 1.45 bits per heavy atom. The predicted octanol–water partition coefficient (Wildman–Crippen LogP) is 5.52. The molecule has 0 aliphatic heterocycles. The Labute approximate surface area is 138 Å². The molecule has 1 nitrogen and oxygen atoms in total. The Morgan fingerprint density at radius 1 is 0.909 bits per heavy atom. The SMILES string of the molecule is CCc1ccc(C(C)(C)c2ccc(C(=O)Cl)cc2)cc1CC. The highest BCUT2D eigenvalue weighted by Gasteiger charge is 2.24. The van der Waals surface area contributed by atoms with Crippen molar-refractivity contribution in [1.82, 2.24) is 0 Å². The van der Waals surface area contributed by atoms with Crippen LogP contribution in [0.1, 0.15) is 60.3 Å². The molecular weight excluding hydrogens is 292 g/mol. The van der Waals surface area contributed by atoms with Crippen LogP contribution in [-0.2, 0) is 18.3 Å². The molecule has 0 aromatic heterocycles. The van der Waals surface area contributed by atoms with Crippen molar-refractivity contribution in [3.05, 3.63) is 70.3 Å². The summed E-state index contributed by atoms with van der Waals surface area (Å²) < 4.78 is 0. The van der Waals surface area contributed by atoms with Crippen LogP contribution in [0.3, 0.4) is 0 Å². The fourth-order valence-corrected chi connectivity index (χ4v) is 3.00. The Hall–Kier alpha value is -1.60. The fraction of sp³-hybridized carbons (Fsp3) is 0.350. The van der Waals surface area contributed by atoms with Gasteiger partial charge in [0.2, 0.25) is 0 Å². The van der Waals surface area contributed by atoms with Gasteiger partial charge in [-0.15, -0.1) is 0 Å². The molecular formula is C20H23ClO. The maximum absolute atomic E-state index is 11.2. The van der Waals surface area contributed by atoms with Gasteiger partial charge in [0.1, 0.15) is 0 Å². The van der Waals surface area contributed by atoms with E-state index in [0.29, 0.717) is 5.56 Å². The third-order valence-corrected chi connectivity index (χ3v) is 4.74. The van der Waals surface area contributed by atoms with E-state index in [1.807, 2.05) is 12.1 Å². The first-order valence-corrected chi connectivity index (χ1v) is 8.20. The van der Waals surface area contributed by atoms with Gasteiger partial charge >= 0.3 is 0 Å². The van der Waals surface area contributed by atoms with Crippen LogP contribution >= 0.6 is 11.6 Å². The molecule has 0 atom stereocenters. The van der Waals surface area contributed by atoms with E-state index in [0.717, 1.165) is 12.8 Å². The Morgan fingerprint density at radius 3 is 1.95 bits per heavy atom. The van der Waals surface area contributed by atoms with Gasteiger partial charge in [-0.1, -0.05) is 58.0 Å². The Kier molecular flexibility index (Phi) is 5.08. The molecule has 0 heterocycles. The van der Waals surface area contributed by atoms with E-state index in [2.05, 4.69) is 45.9 Å². The molecule has 0 unspecified atom stereocenters. The van der Waals surface area contributed by atoms with Crippen molar-refractivity contribution >= 4 is 16.8 Å². The summed E-state index contributed by atoms with van der Waals surface area (Å²) in [5, 5.41) is -0.412. The minimum Gasteiger partial charge on any atom is -0.276 e. The zero-order valence-electron chi connectivity index (χ0n) is 13.7. The molecule has 2 aromatic carbocycles. The van der Waals surface area contributed by atoms with Gasteiger partial charge in [0, 0.05) is 11.0 Å². The van der Waals surface area contributed by atoms with Gasteiger partial charge in [0.15, 0.2) is 0 Å².